The van der Waals surface area contributed by atoms with Gasteiger partial charge in [-0.15, -0.1) is 0 Å². The average Bonchev–Trinajstić information content (AvgIpc) is 3.29. The average molecular weight is 309 g/mol. The smallest absolute Gasteiger partial charge is 0.343 e. The Kier molecular flexibility index (Phi) is 4.90. The highest BCUT2D eigenvalue weighted by Gasteiger charge is 2.27. The number of benzene rings is 1. The number of rotatable bonds is 6. The Morgan fingerprint density at radius 2 is 2.05 bits per heavy atom. The first-order valence-corrected chi connectivity index (χ1v) is 7.08. The van der Waals surface area contributed by atoms with Crippen LogP contribution in [0.1, 0.15) is 35.7 Å². The summed E-state index contributed by atoms with van der Waals surface area (Å²) in [6, 6.07) is 2.25. The molecule has 0 aliphatic heterocycles. The molecule has 0 unspecified atom stereocenters. The van der Waals surface area contributed by atoms with E-state index in [0.29, 0.717) is 0 Å². The minimum Gasteiger partial charge on any atom is -0.462 e. The van der Waals surface area contributed by atoms with Gasteiger partial charge in [-0.25, -0.2) is 13.6 Å². The van der Waals surface area contributed by atoms with Crippen LogP contribution < -0.4 is 5.32 Å². The van der Waals surface area contributed by atoms with Gasteiger partial charge in [-0.3, -0.25) is 4.79 Å². The molecule has 2 rings (SSSR count). The summed E-state index contributed by atoms with van der Waals surface area (Å²) in [5.41, 5.74) is -0.904. The third kappa shape index (κ3) is 3.50. The number of nitrogens with one attached hydrogen (secondary N) is 1. The number of carbonyl (C=O) groups is 2. The molecule has 0 spiro atoms. The van der Waals surface area contributed by atoms with Crippen molar-refractivity contribution in [1.29, 1.82) is 0 Å². The second-order valence-electron chi connectivity index (χ2n) is 5.08. The SMILES string of the molecule is CCOC(=O)/C(=C/NC1CC1)C(=O)c1ccc(F)c(C)c1F. The summed E-state index contributed by atoms with van der Waals surface area (Å²) in [6.45, 7) is 2.94. The van der Waals surface area contributed by atoms with Gasteiger partial charge in [0.15, 0.2) is 0 Å². The van der Waals surface area contributed by atoms with Gasteiger partial charge in [0, 0.05) is 17.8 Å². The monoisotopic (exact) mass is 309 g/mol. The number of esters is 1. The molecular formula is C16H17F2NO3. The van der Waals surface area contributed by atoms with Gasteiger partial charge < -0.3 is 10.1 Å². The van der Waals surface area contributed by atoms with Gasteiger partial charge in [0.1, 0.15) is 17.2 Å². The molecule has 1 fully saturated rings. The van der Waals surface area contributed by atoms with Crippen molar-refractivity contribution < 1.29 is 23.1 Å². The largest absolute Gasteiger partial charge is 0.462 e. The summed E-state index contributed by atoms with van der Waals surface area (Å²) < 4.78 is 32.2. The summed E-state index contributed by atoms with van der Waals surface area (Å²) in [5.74, 6) is -3.37. The molecule has 0 bridgehead atoms. The molecule has 1 aromatic carbocycles. The number of carbonyl (C=O) groups excluding carboxylic acids is 2. The Hall–Kier alpha value is -2.24. The fourth-order valence-electron chi connectivity index (χ4n) is 1.86. The third-order valence-corrected chi connectivity index (χ3v) is 3.35. The Morgan fingerprint density at radius 3 is 2.64 bits per heavy atom. The summed E-state index contributed by atoms with van der Waals surface area (Å²) in [6.07, 6.45) is 3.16. The van der Waals surface area contributed by atoms with Crippen molar-refractivity contribution in [1.82, 2.24) is 5.32 Å². The summed E-state index contributed by atoms with van der Waals surface area (Å²) in [7, 11) is 0. The van der Waals surface area contributed by atoms with Crippen molar-refractivity contribution in [2.75, 3.05) is 6.61 Å². The van der Waals surface area contributed by atoms with Crippen LogP contribution in [-0.4, -0.2) is 24.4 Å². The molecule has 0 saturated heterocycles. The van der Waals surface area contributed by atoms with Gasteiger partial charge in [0.25, 0.3) is 0 Å². The minimum atomic E-state index is -0.966. The molecule has 1 aromatic rings. The number of ketones is 1. The van der Waals surface area contributed by atoms with Gasteiger partial charge >= 0.3 is 5.97 Å². The van der Waals surface area contributed by atoms with Crippen LogP contribution in [-0.2, 0) is 9.53 Å². The quantitative estimate of drug-likeness (QED) is 0.289. The van der Waals surface area contributed by atoms with E-state index in [1.54, 1.807) is 6.92 Å². The fraction of sp³-hybridized carbons (Fsp3) is 0.375. The Labute approximate surface area is 127 Å². The van der Waals surface area contributed by atoms with Crippen LogP contribution >= 0.6 is 0 Å². The maximum absolute atomic E-state index is 14.1. The molecule has 0 radical (unpaired) electrons. The molecule has 118 valence electrons. The first-order valence-electron chi connectivity index (χ1n) is 7.08. The Morgan fingerprint density at radius 1 is 1.36 bits per heavy atom. The van der Waals surface area contributed by atoms with Crippen LogP contribution in [0.15, 0.2) is 23.9 Å². The first-order chi connectivity index (χ1) is 10.5. The van der Waals surface area contributed by atoms with Gasteiger partial charge in [-0.1, -0.05) is 0 Å². The van der Waals surface area contributed by atoms with E-state index in [2.05, 4.69) is 5.32 Å². The van der Waals surface area contributed by atoms with Crippen molar-refractivity contribution in [3.05, 3.63) is 46.7 Å². The van der Waals surface area contributed by atoms with Crippen molar-refractivity contribution >= 4 is 11.8 Å². The number of halogens is 2. The van der Waals surface area contributed by atoms with Crippen LogP contribution in [0.25, 0.3) is 0 Å². The zero-order valence-electron chi connectivity index (χ0n) is 12.4. The van der Waals surface area contributed by atoms with Crippen molar-refractivity contribution in [3.8, 4) is 0 Å². The van der Waals surface area contributed by atoms with Crippen molar-refractivity contribution in [3.63, 3.8) is 0 Å². The van der Waals surface area contributed by atoms with Gasteiger partial charge in [0.05, 0.1) is 12.2 Å². The van der Waals surface area contributed by atoms with E-state index < -0.39 is 23.4 Å². The lowest BCUT2D eigenvalue weighted by atomic mass is 10.0. The van der Waals surface area contributed by atoms with Crippen LogP contribution in [0, 0.1) is 18.6 Å². The highest BCUT2D eigenvalue weighted by molar-refractivity contribution is 6.24. The van der Waals surface area contributed by atoms with E-state index in [9.17, 15) is 18.4 Å². The van der Waals surface area contributed by atoms with E-state index in [-0.39, 0.29) is 29.3 Å². The minimum absolute atomic E-state index is 0.0950. The molecule has 22 heavy (non-hydrogen) atoms. The lowest BCUT2D eigenvalue weighted by Gasteiger charge is -2.09. The van der Waals surface area contributed by atoms with Crippen LogP contribution in [0.5, 0.6) is 0 Å². The van der Waals surface area contributed by atoms with E-state index in [1.165, 1.54) is 13.1 Å². The molecule has 1 saturated carbocycles. The topological polar surface area (TPSA) is 55.4 Å². The van der Waals surface area contributed by atoms with E-state index in [1.807, 2.05) is 0 Å². The van der Waals surface area contributed by atoms with Gasteiger partial charge in [-0.2, -0.15) is 0 Å². The molecular weight excluding hydrogens is 292 g/mol. The number of Topliss-reactive ketones (excluding diaryl/α,β-unsaturated/α-hetero) is 1. The number of ether oxygens (including phenoxy) is 1. The fourth-order valence-corrected chi connectivity index (χ4v) is 1.86. The van der Waals surface area contributed by atoms with Gasteiger partial charge in [0.2, 0.25) is 5.78 Å². The van der Waals surface area contributed by atoms with E-state index in [0.717, 1.165) is 25.0 Å². The summed E-state index contributed by atoms with van der Waals surface area (Å²) in [5, 5.41) is 2.91. The van der Waals surface area contributed by atoms with E-state index in [4.69, 9.17) is 4.74 Å². The maximum atomic E-state index is 14.1. The van der Waals surface area contributed by atoms with Crippen molar-refractivity contribution in [2.24, 2.45) is 0 Å². The second kappa shape index (κ2) is 6.68. The lowest BCUT2D eigenvalue weighted by molar-refractivity contribution is -0.138. The summed E-state index contributed by atoms with van der Waals surface area (Å²) >= 11 is 0. The third-order valence-electron chi connectivity index (χ3n) is 3.35. The standard InChI is InChI=1S/C16H17F2NO3/c1-3-22-16(21)12(8-19-10-4-5-10)15(20)11-6-7-13(17)9(2)14(11)18/h6-8,10,19H,3-5H2,1-2H3/b12-8+. The number of hydrogen-bond acceptors (Lipinski definition) is 4. The molecule has 1 N–H and O–H groups in total. The second-order valence-corrected chi connectivity index (χ2v) is 5.08. The highest BCUT2D eigenvalue weighted by atomic mass is 19.1. The lowest BCUT2D eigenvalue weighted by Crippen LogP contribution is -2.21. The number of hydrogen-bond donors (Lipinski definition) is 1. The molecule has 0 atom stereocenters. The predicted octanol–water partition coefficient (Wildman–Crippen LogP) is 2.65. The predicted molar refractivity (Wildman–Crippen MR) is 76.3 cm³/mol. The molecule has 6 heteroatoms. The normalized spacial score (nSPS) is 14.6. The highest BCUT2D eigenvalue weighted by Crippen LogP contribution is 2.21. The zero-order chi connectivity index (χ0) is 16.3. The maximum Gasteiger partial charge on any atom is 0.343 e. The molecule has 0 amide bonds. The summed E-state index contributed by atoms with van der Waals surface area (Å²) in [4.78, 5) is 24.3. The zero-order valence-corrected chi connectivity index (χ0v) is 12.4. The van der Waals surface area contributed by atoms with Crippen LogP contribution in [0.2, 0.25) is 0 Å². The molecule has 1 aliphatic rings. The molecule has 4 nitrogen and oxygen atoms in total. The molecule has 0 heterocycles. The molecule has 0 aromatic heterocycles. The Balaban J connectivity index is 2.34. The molecule has 1 aliphatic carbocycles. The van der Waals surface area contributed by atoms with Crippen molar-refractivity contribution in [2.45, 2.75) is 32.7 Å². The van der Waals surface area contributed by atoms with E-state index >= 15 is 0 Å². The Bertz CT molecular complexity index is 637. The van der Waals surface area contributed by atoms with Crippen LogP contribution in [0.4, 0.5) is 8.78 Å². The van der Waals surface area contributed by atoms with Gasteiger partial charge in [-0.05, 0) is 38.8 Å². The first kappa shape index (κ1) is 16.1. The van der Waals surface area contributed by atoms with Crippen LogP contribution in [0.3, 0.4) is 0 Å².